The Balaban J connectivity index is 1.53. The van der Waals surface area contributed by atoms with Gasteiger partial charge in [-0.15, -0.1) is 0 Å². The van der Waals surface area contributed by atoms with Gasteiger partial charge in [-0.05, 0) is 49.3 Å². The van der Waals surface area contributed by atoms with Crippen molar-refractivity contribution in [2.24, 2.45) is 11.8 Å². The lowest BCUT2D eigenvalue weighted by Crippen LogP contribution is -2.61. The van der Waals surface area contributed by atoms with Crippen LogP contribution >= 0.6 is 0 Å². The molecule has 0 aromatic heterocycles. The third kappa shape index (κ3) is 2.91. The number of likely N-dealkylation sites (tertiary alicyclic amines) is 1. The smallest absolute Gasteiger partial charge is 0.254 e. The Bertz CT molecular complexity index is 720. The van der Waals surface area contributed by atoms with Gasteiger partial charge in [0.25, 0.3) is 5.91 Å². The molecule has 3 atom stereocenters. The second-order valence-electron chi connectivity index (χ2n) is 7.65. The van der Waals surface area contributed by atoms with Crippen LogP contribution < -0.4 is 9.47 Å². The fourth-order valence-corrected chi connectivity index (χ4v) is 4.93. The maximum Gasteiger partial charge on any atom is 0.254 e. The molecule has 1 aromatic carbocycles. The lowest BCUT2D eigenvalue weighted by atomic mass is 9.76. The quantitative estimate of drug-likeness (QED) is 0.831. The molecular formula is C20H26N2O4. The van der Waals surface area contributed by atoms with Gasteiger partial charge in [-0.3, -0.25) is 9.59 Å². The molecule has 4 rings (SSSR count). The summed E-state index contributed by atoms with van der Waals surface area (Å²) in [7, 11) is 3.16. The van der Waals surface area contributed by atoms with Crippen LogP contribution in [0.15, 0.2) is 18.2 Å². The number of benzene rings is 1. The third-order valence-corrected chi connectivity index (χ3v) is 6.10. The first-order valence-corrected chi connectivity index (χ1v) is 9.41. The van der Waals surface area contributed by atoms with Crippen molar-refractivity contribution in [3.8, 4) is 11.5 Å². The Labute approximate surface area is 154 Å². The average Bonchev–Trinajstić information content (AvgIpc) is 2.67. The zero-order valence-corrected chi connectivity index (χ0v) is 15.4. The molecule has 0 aliphatic carbocycles. The number of carbonyl (C=O) groups excluding carboxylic acids is 2. The fraction of sp³-hybridized carbons (Fsp3) is 0.600. The normalized spacial score (nSPS) is 27.8. The standard InChI is InChI=1S/C20H26N2O4/c1-25-17-7-6-14(9-18(17)26-2)20(24)21-10-13-8-15(12-21)16-4-3-5-19(23)22(16)11-13/h6-7,9,13,15-16H,3-5,8,10-12H2,1-2H3/t13-,15+,16-/m0/s1. The molecule has 0 N–H and O–H groups in total. The van der Waals surface area contributed by atoms with Crippen molar-refractivity contribution >= 4 is 11.8 Å². The summed E-state index contributed by atoms with van der Waals surface area (Å²) in [5.41, 5.74) is 0.624. The van der Waals surface area contributed by atoms with Crippen molar-refractivity contribution in [3.05, 3.63) is 23.8 Å². The molecule has 3 aliphatic heterocycles. The van der Waals surface area contributed by atoms with E-state index in [2.05, 4.69) is 4.90 Å². The van der Waals surface area contributed by atoms with Crippen LogP contribution in [-0.4, -0.2) is 61.5 Å². The molecule has 0 spiro atoms. The minimum absolute atomic E-state index is 0.0382. The van der Waals surface area contributed by atoms with Gasteiger partial charge in [0.1, 0.15) is 0 Å². The number of nitrogens with zero attached hydrogens (tertiary/aromatic N) is 2. The predicted molar refractivity (Wildman–Crippen MR) is 96.4 cm³/mol. The second-order valence-corrected chi connectivity index (χ2v) is 7.65. The van der Waals surface area contributed by atoms with Crippen LogP contribution in [0.3, 0.4) is 0 Å². The number of carbonyl (C=O) groups is 2. The Morgan fingerprint density at radius 1 is 1.12 bits per heavy atom. The van der Waals surface area contributed by atoms with E-state index in [0.29, 0.717) is 47.3 Å². The highest BCUT2D eigenvalue weighted by atomic mass is 16.5. The molecule has 0 radical (unpaired) electrons. The predicted octanol–water partition coefficient (Wildman–Crippen LogP) is 2.18. The van der Waals surface area contributed by atoms with Gasteiger partial charge in [0.05, 0.1) is 14.2 Å². The Morgan fingerprint density at radius 2 is 1.92 bits per heavy atom. The highest BCUT2D eigenvalue weighted by Gasteiger charge is 2.44. The van der Waals surface area contributed by atoms with Gasteiger partial charge in [0.15, 0.2) is 11.5 Å². The van der Waals surface area contributed by atoms with E-state index in [1.165, 1.54) is 0 Å². The van der Waals surface area contributed by atoms with Gasteiger partial charge >= 0.3 is 0 Å². The van der Waals surface area contributed by atoms with Crippen LogP contribution in [0.25, 0.3) is 0 Å². The summed E-state index contributed by atoms with van der Waals surface area (Å²) in [6, 6.07) is 5.64. The summed E-state index contributed by atoms with van der Waals surface area (Å²) in [5.74, 6) is 2.31. The number of hydrogen-bond donors (Lipinski definition) is 0. The van der Waals surface area contributed by atoms with Crippen molar-refractivity contribution in [2.75, 3.05) is 33.9 Å². The minimum Gasteiger partial charge on any atom is -0.493 e. The van der Waals surface area contributed by atoms with Crippen molar-refractivity contribution in [3.63, 3.8) is 0 Å². The van der Waals surface area contributed by atoms with E-state index in [9.17, 15) is 9.59 Å². The number of piperidine rings is 3. The third-order valence-electron chi connectivity index (χ3n) is 6.10. The maximum absolute atomic E-state index is 13.1. The molecule has 0 unspecified atom stereocenters. The van der Waals surface area contributed by atoms with E-state index in [4.69, 9.17) is 9.47 Å². The largest absolute Gasteiger partial charge is 0.493 e. The SMILES string of the molecule is COc1ccc(C(=O)N2C[C@@H]3C[C@H](C2)[C@@H]2CCCC(=O)N2C3)cc1OC. The fourth-order valence-electron chi connectivity index (χ4n) is 4.93. The molecule has 6 nitrogen and oxygen atoms in total. The van der Waals surface area contributed by atoms with Gasteiger partial charge in [-0.25, -0.2) is 0 Å². The lowest BCUT2D eigenvalue weighted by Gasteiger charge is -2.52. The molecule has 3 heterocycles. The van der Waals surface area contributed by atoms with Gasteiger partial charge in [0, 0.05) is 37.7 Å². The molecule has 2 amide bonds. The summed E-state index contributed by atoms with van der Waals surface area (Å²) in [5, 5.41) is 0. The monoisotopic (exact) mass is 358 g/mol. The number of methoxy groups -OCH3 is 2. The molecule has 0 saturated carbocycles. The van der Waals surface area contributed by atoms with E-state index in [-0.39, 0.29) is 5.91 Å². The summed E-state index contributed by atoms with van der Waals surface area (Å²) < 4.78 is 10.6. The van der Waals surface area contributed by atoms with Crippen molar-refractivity contribution in [2.45, 2.75) is 31.7 Å². The van der Waals surface area contributed by atoms with Gasteiger partial charge in [0.2, 0.25) is 5.91 Å². The molecule has 140 valence electrons. The number of rotatable bonds is 3. The number of amides is 2. The highest BCUT2D eigenvalue weighted by molar-refractivity contribution is 5.95. The van der Waals surface area contributed by atoms with Gasteiger partial charge < -0.3 is 19.3 Å². The number of hydrogen-bond acceptors (Lipinski definition) is 4. The first kappa shape index (κ1) is 17.2. The molecular weight excluding hydrogens is 332 g/mol. The Morgan fingerprint density at radius 3 is 2.69 bits per heavy atom. The van der Waals surface area contributed by atoms with Crippen molar-refractivity contribution in [1.29, 1.82) is 0 Å². The summed E-state index contributed by atoms with van der Waals surface area (Å²) in [4.78, 5) is 29.4. The molecule has 1 aromatic rings. The molecule has 3 fully saturated rings. The van der Waals surface area contributed by atoms with E-state index < -0.39 is 0 Å². The zero-order chi connectivity index (χ0) is 18.3. The van der Waals surface area contributed by atoms with Crippen LogP contribution in [0.2, 0.25) is 0 Å². The number of ether oxygens (including phenoxy) is 2. The number of fused-ring (bicyclic) bond motifs is 4. The zero-order valence-electron chi connectivity index (χ0n) is 15.4. The van der Waals surface area contributed by atoms with Crippen LogP contribution in [0.5, 0.6) is 11.5 Å². The topological polar surface area (TPSA) is 59.1 Å². The van der Waals surface area contributed by atoms with Crippen LogP contribution in [0, 0.1) is 11.8 Å². The van der Waals surface area contributed by atoms with Crippen molar-refractivity contribution in [1.82, 2.24) is 9.80 Å². The second kappa shape index (κ2) is 6.82. The lowest BCUT2D eigenvalue weighted by molar-refractivity contribution is -0.144. The minimum atomic E-state index is 0.0382. The van der Waals surface area contributed by atoms with Crippen LogP contribution in [-0.2, 0) is 4.79 Å². The molecule has 26 heavy (non-hydrogen) atoms. The van der Waals surface area contributed by atoms with Gasteiger partial charge in [-0.1, -0.05) is 0 Å². The molecule has 6 heteroatoms. The van der Waals surface area contributed by atoms with E-state index in [0.717, 1.165) is 38.9 Å². The Hall–Kier alpha value is -2.24. The molecule has 2 bridgehead atoms. The summed E-state index contributed by atoms with van der Waals surface area (Å²) in [6.07, 6.45) is 3.86. The van der Waals surface area contributed by atoms with Crippen LogP contribution in [0.1, 0.15) is 36.0 Å². The summed E-state index contributed by atoms with van der Waals surface area (Å²) >= 11 is 0. The van der Waals surface area contributed by atoms with E-state index in [1.807, 2.05) is 4.90 Å². The molecule has 3 saturated heterocycles. The highest BCUT2D eigenvalue weighted by Crippen LogP contribution is 2.38. The van der Waals surface area contributed by atoms with Gasteiger partial charge in [-0.2, -0.15) is 0 Å². The van der Waals surface area contributed by atoms with Crippen LogP contribution in [0.4, 0.5) is 0 Å². The first-order chi connectivity index (χ1) is 12.6. The summed E-state index contributed by atoms with van der Waals surface area (Å²) in [6.45, 7) is 2.26. The maximum atomic E-state index is 13.1. The average molecular weight is 358 g/mol. The molecule has 3 aliphatic rings. The van der Waals surface area contributed by atoms with Crippen molar-refractivity contribution < 1.29 is 19.1 Å². The Kier molecular flexibility index (Phi) is 4.51. The van der Waals surface area contributed by atoms with E-state index >= 15 is 0 Å². The first-order valence-electron chi connectivity index (χ1n) is 9.41. The van der Waals surface area contributed by atoms with E-state index in [1.54, 1.807) is 32.4 Å².